The number of carbonyl (C=O) groups excluding carboxylic acids is 1. The summed E-state index contributed by atoms with van der Waals surface area (Å²) in [5, 5.41) is 3.08. The Bertz CT molecular complexity index is 786. The highest BCUT2D eigenvalue weighted by molar-refractivity contribution is 5.97. The minimum Gasteiger partial charge on any atom is -0.497 e. The van der Waals surface area contributed by atoms with Gasteiger partial charge in [-0.3, -0.25) is 9.69 Å². The van der Waals surface area contributed by atoms with E-state index in [1.807, 2.05) is 12.1 Å². The molecule has 1 N–H and O–H groups in total. The van der Waals surface area contributed by atoms with E-state index in [-0.39, 0.29) is 11.9 Å². The molecule has 6 heteroatoms. The Hall–Kier alpha value is -2.73. The fourth-order valence-electron chi connectivity index (χ4n) is 3.69. The van der Waals surface area contributed by atoms with Crippen LogP contribution in [0.4, 0.5) is 0 Å². The molecule has 1 amide bonds. The minimum absolute atomic E-state index is 0.119. The number of methoxy groups -OCH3 is 3. The molecule has 1 aliphatic heterocycles. The molecule has 0 spiro atoms. The van der Waals surface area contributed by atoms with Crippen LogP contribution in [0.5, 0.6) is 17.2 Å². The summed E-state index contributed by atoms with van der Waals surface area (Å²) in [6, 6.07) is 13.5. The van der Waals surface area contributed by atoms with Gasteiger partial charge in [0.1, 0.15) is 5.75 Å². The highest BCUT2D eigenvalue weighted by Gasteiger charge is 2.25. The molecular weight excluding hydrogens is 356 g/mol. The molecule has 1 fully saturated rings. The second-order valence-electron chi connectivity index (χ2n) is 6.78. The van der Waals surface area contributed by atoms with Crippen molar-refractivity contribution in [2.75, 3.05) is 41.0 Å². The number of benzene rings is 2. The lowest BCUT2D eigenvalue weighted by Crippen LogP contribution is -2.36. The minimum atomic E-state index is -0.173. The van der Waals surface area contributed by atoms with Gasteiger partial charge < -0.3 is 19.5 Å². The largest absolute Gasteiger partial charge is 0.497 e. The van der Waals surface area contributed by atoms with Crippen LogP contribution in [-0.2, 0) is 0 Å². The van der Waals surface area contributed by atoms with E-state index < -0.39 is 0 Å². The van der Waals surface area contributed by atoms with Crippen LogP contribution in [0.15, 0.2) is 42.5 Å². The molecule has 1 heterocycles. The summed E-state index contributed by atoms with van der Waals surface area (Å²) in [6.07, 6.45) is 2.37. The third-order valence-corrected chi connectivity index (χ3v) is 5.19. The normalized spacial score (nSPS) is 15.1. The Morgan fingerprint density at radius 3 is 2.32 bits per heavy atom. The van der Waals surface area contributed by atoms with Crippen molar-refractivity contribution < 1.29 is 19.0 Å². The van der Waals surface area contributed by atoms with Gasteiger partial charge in [0.05, 0.1) is 32.9 Å². The van der Waals surface area contributed by atoms with E-state index in [1.165, 1.54) is 18.4 Å². The van der Waals surface area contributed by atoms with Gasteiger partial charge in [-0.25, -0.2) is 0 Å². The second kappa shape index (κ2) is 9.46. The molecule has 0 saturated carbocycles. The van der Waals surface area contributed by atoms with Crippen LogP contribution in [0.3, 0.4) is 0 Å². The Kier molecular flexibility index (Phi) is 6.76. The predicted molar refractivity (Wildman–Crippen MR) is 108 cm³/mol. The molecule has 28 heavy (non-hydrogen) atoms. The monoisotopic (exact) mass is 384 g/mol. The maximum absolute atomic E-state index is 12.9. The van der Waals surface area contributed by atoms with E-state index >= 15 is 0 Å². The summed E-state index contributed by atoms with van der Waals surface area (Å²) in [6.45, 7) is 2.59. The number of nitrogens with zero attached hydrogens (tertiary/aromatic N) is 1. The zero-order chi connectivity index (χ0) is 19.9. The first-order chi connectivity index (χ1) is 13.7. The van der Waals surface area contributed by atoms with E-state index in [9.17, 15) is 4.79 Å². The molecule has 1 atom stereocenters. The number of ether oxygens (including phenoxy) is 3. The Labute approximate surface area is 166 Å². The van der Waals surface area contributed by atoms with Crippen molar-refractivity contribution in [2.24, 2.45) is 0 Å². The average Bonchev–Trinajstić information content (AvgIpc) is 3.28. The number of carbonyl (C=O) groups is 1. The summed E-state index contributed by atoms with van der Waals surface area (Å²) < 4.78 is 16.0. The molecular formula is C22H28N2O4. The molecule has 6 nitrogen and oxygen atoms in total. The lowest BCUT2D eigenvalue weighted by molar-refractivity contribution is 0.0934. The topological polar surface area (TPSA) is 60.0 Å². The van der Waals surface area contributed by atoms with Gasteiger partial charge in [0.25, 0.3) is 5.91 Å². The zero-order valence-electron chi connectivity index (χ0n) is 16.7. The smallest absolute Gasteiger partial charge is 0.255 e. The van der Waals surface area contributed by atoms with Crippen molar-refractivity contribution in [2.45, 2.75) is 18.9 Å². The number of para-hydroxylation sites is 1. The first-order valence-electron chi connectivity index (χ1n) is 9.55. The summed E-state index contributed by atoms with van der Waals surface area (Å²) in [5.74, 6) is 1.65. The third-order valence-electron chi connectivity index (χ3n) is 5.19. The molecule has 0 aromatic heterocycles. The van der Waals surface area contributed by atoms with Gasteiger partial charge in [-0.2, -0.15) is 0 Å². The van der Waals surface area contributed by atoms with Crippen LogP contribution in [-0.4, -0.2) is 51.8 Å². The van der Waals surface area contributed by atoms with Crippen molar-refractivity contribution in [3.8, 4) is 17.2 Å². The molecule has 0 aliphatic carbocycles. The fourth-order valence-corrected chi connectivity index (χ4v) is 3.69. The molecule has 1 saturated heterocycles. The van der Waals surface area contributed by atoms with Gasteiger partial charge in [-0.1, -0.05) is 18.2 Å². The molecule has 1 aliphatic rings. The van der Waals surface area contributed by atoms with Crippen LogP contribution >= 0.6 is 0 Å². The number of hydrogen-bond donors (Lipinski definition) is 1. The number of rotatable bonds is 8. The van der Waals surface area contributed by atoms with E-state index in [1.54, 1.807) is 39.5 Å². The van der Waals surface area contributed by atoms with Crippen LogP contribution in [0, 0.1) is 0 Å². The first-order valence-corrected chi connectivity index (χ1v) is 9.55. The first kappa shape index (κ1) is 20.0. The molecule has 3 rings (SSSR count). The molecule has 150 valence electrons. The number of nitrogens with one attached hydrogen (secondary N) is 1. The van der Waals surface area contributed by atoms with Gasteiger partial charge >= 0.3 is 0 Å². The zero-order valence-corrected chi connectivity index (χ0v) is 16.7. The number of likely N-dealkylation sites (tertiary alicyclic amines) is 1. The van der Waals surface area contributed by atoms with Crippen LogP contribution < -0.4 is 19.5 Å². The van der Waals surface area contributed by atoms with Gasteiger partial charge in [0.15, 0.2) is 11.5 Å². The van der Waals surface area contributed by atoms with Crippen molar-refractivity contribution in [1.82, 2.24) is 10.2 Å². The lowest BCUT2D eigenvalue weighted by Gasteiger charge is -2.28. The molecule has 2 aromatic carbocycles. The Morgan fingerprint density at radius 2 is 1.71 bits per heavy atom. The third kappa shape index (κ3) is 4.39. The van der Waals surface area contributed by atoms with Crippen molar-refractivity contribution in [3.63, 3.8) is 0 Å². The van der Waals surface area contributed by atoms with Gasteiger partial charge in [0, 0.05) is 6.54 Å². The molecule has 0 unspecified atom stereocenters. The molecule has 2 aromatic rings. The van der Waals surface area contributed by atoms with Gasteiger partial charge in [0.2, 0.25) is 0 Å². The van der Waals surface area contributed by atoms with Crippen LogP contribution in [0.1, 0.15) is 34.8 Å². The lowest BCUT2D eigenvalue weighted by atomic mass is 10.0. The van der Waals surface area contributed by atoms with Crippen molar-refractivity contribution >= 4 is 5.91 Å². The molecule has 0 bridgehead atoms. The summed E-state index contributed by atoms with van der Waals surface area (Å²) in [4.78, 5) is 15.3. The SMILES string of the molecule is COc1ccc([C@H](CNC(=O)c2cccc(OC)c2OC)N2CCCC2)cc1. The van der Waals surface area contributed by atoms with E-state index in [2.05, 4.69) is 22.3 Å². The average molecular weight is 384 g/mol. The second-order valence-corrected chi connectivity index (χ2v) is 6.78. The highest BCUT2D eigenvalue weighted by Crippen LogP contribution is 2.31. The van der Waals surface area contributed by atoms with E-state index in [0.29, 0.717) is 23.6 Å². The Morgan fingerprint density at radius 1 is 1.00 bits per heavy atom. The predicted octanol–water partition coefficient (Wildman–Crippen LogP) is 3.28. The number of hydrogen-bond acceptors (Lipinski definition) is 5. The Balaban J connectivity index is 1.77. The van der Waals surface area contributed by atoms with Crippen molar-refractivity contribution in [1.29, 1.82) is 0 Å². The van der Waals surface area contributed by atoms with E-state index in [4.69, 9.17) is 14.2 Å². The number of amides is 1. The summed E-state index contributed by atoms with van der Waals surface area (Å²) in [7, 11) is 4.76. The maximum atomic E-state index is 12.9. The standard InChI is InChI=1S/C22H28N2O4/c1-26-17-11-9-16(10-12-17)19(24-13-4-5-14-24)15-23-22(25)18-7-6-8-20(27-2)21(18)28-3/h6-12,19H,4-5,13-15H2,1-3H3,(H,23,25)/t19-/m0/s1. The van der Waals surface area contributed by atoms with Crippen LogP contribution in [0.25, 0.3) is 0 Å². The fraction of sp³-hybridized carbons (Fsp3) is 0.409. The van der Waals surface area contributed by atoms with Crippen molar-refractivity contribution in [3.05, 3.63) is 53.6 Å². The van der Waals surface area contributed by atoms with Gasteiger partial charge in [-0.15, -0.1) is 0 Å². The van der Waals surface area contributed by atoms with Crippen LogP contribution in [0.2, 0.25) is 0 Å². The highest BCUT2D eigenvalue weighted by atomic mass is 16.5. The quantitative estimate of drug-likeness (QED) is 0.757. The van der Waals surface area contributed by atoms with Gasteiger partial charge in [-0.05, 0) is 55.8 Å². The summed E-state index contributed by atoms with van der Waals surface area (Å²) in [5.41, 5.74) is 1.64. The summed E-state index contributed by atoms with van der Waals surface area (Å²) >= 11 is 0. The maximum Gasteiger partial charge on any atom is 0.255 e. The van der Waals surface area contributed by atoms with E-state index in [0.717, 1.165) is 18.8 Å². The molecule has 0 radical (unpaired) electrons.